The van der Waals surface area contributed by atoms with Crippen LogP contribution >= 0.6 is 12.2 Å². The van der Waals surface area contributed by atoms with E-state index < -0.39 is 11.7 Å². The van der Waals surface area contributed by atoms with Crippen molar-refractivity contribution < 1.29 is 9.53 Å². The molecule has 0 aromatic heterocycles. The standard InChI is InChI=1S/C5H11NO2.CH2S/c1-5(2,3)8-4(6)7;1-2/h1-3H3,(H2,6,7);1H2. The number of carbonyl (C=O) groups excluding carboxylic acids is 1. The highest BCUT2D eigenvalue weighted by atomic mass is 32.1. The summed E-state index contributed by atoms with van der Waals surface area (Å²) in [6.45, 7) is 5.28. The molecule has 0 heterocycles. The molecule has 0 radical (unpaired) electrons. The molecule has 0 aromatic carbocycles. The number of thiocarbonyl (C=S) groups is 1. The minimum absolute atomic E-state index is 0.453. The molecule has 1 amide bonds. The van der Waals surface area contributed by atoms with Gasteiger partial charge in [-0.2, -0.15) is 0 Å². The van der Waals surface area contributed by atoms with Gasteiger partial charge >= 0.3 is 6.09 Å². The second-order valence-corrected chi connectivity index (χ2v) is 2.53. The number of nitrogens with two attached hydrogens (primary N) is 1. The molecule has 0 aliphatic carbocycles. The summed E-state index contributed by atoms with van der Waals surface area (Å²) in [6.07, 6.45) is -0.725. The fourth-order valence-corrected chi connectivity index (χ4v) is 0.302. The minimum atomic E-state index is -0.725. The molecule has 0 saturated carbocycles. The molecule has 0 aromatic rings. The summed E-state index contributed by atoms with van der Waals surface area (Å²) < 4.78 is 4.58. The third-order valence-electron chi connectivity index (χ3n) is 0.407. The molecule has 0 aliphatic rings. The Bertz CT molecular complexity index is 109. The Morgan fingerprint density at radius 1 is 1.50 bits per heavy atom. The summed E-state index contributed by atoms with van der Waals surface area (Å²) in [5.41, 5.74) is 4.26. The maximum atomic E-state index is 10.0. The van der Waals surface area contributed by atoms with E-state index in [1.54, 1.807) is 20.8 Å². The third-order valence-corrected chi connectivity index (χ3v) is 0.407. The van der Waals surface area contributed by atoms with Gasteiger partial charge in [0, 0.05) is 0 Å². The fourth-order valence-electron chi connectivity index (χ4n) is 0.302. The summed E-state index contributed by atoms with van der Waals surface area (Å²) >= 11 is 3.83. The predicted molar refractivity (Wildman–Crippen MR) is 45.1 cm³/mol. The first kappa shape index (κ1) is 12.1. The highest BCUT2D eigenvalue weighted by Crippen LogP contribution is 2.04. The van der Waals surface area contributed by atoms with Crippen molar-refractivity contribution in [3.05, 3.63) is 0 Å². The maximum Gasteiger partial charge on any atom is 0.405 e. The Morgan fingerprint density at radius 2 is 1.80 bits per heavy atom. The number of amides is 1. The smallest absolute Gasteiger partial charge is 0.405 e. The average Bonchev–Trinajstić information content (AvgIpc) is 1.64. The van der Waals surface area contributed by atoms with Gasteiger partial charge in [0.05, 0.1) is 0 Å². The van der Waals surface area contributed by atoms with E-state index in [0.29, 0.717) is 0 Å². The first-order valence-corrected chi connectivity index (χ1v) is 3.27. The molecule has 0 fully saturated rings. The summed E-state index contributed by atoms with van der Waals surface area (Å²) in [4.78, 5) is 10.0. The van der Waals surface area contributed by atoms with E-state index in [1.807, 2.05) is 0 Å². The summed E-state index contributed by atoms with van der Waals surface area (Å²) in [7, 11) is 0. The molecule has 4 heteroatoms. The van der Waals surface area contributed by atoms with Crippen LogP contribution in [0.1, 0.15) is 20.8 Å². The first-order valence-electron chi connectivity index (χ1n) is 2.69. The summed E-state index contributed by atoms with van der Waals surface area (Å²) in [5, 5.41) is 0. The van der Waals surface area contributed by atoms with E-state index in [0.717, 1.165) is 0 Å². The van der Waals surface area contributed by atoms with Gasteiger partial charge in [0.2, 0.25) is 0 Å². The van der Waals surface area contributed by atoms with Crippen molar-refractivity contribution in [1.29, 1.82) is 0 Å². The second kappa shape index (κ2) is 5.17. The van der Waals surface area contributed by atoms with Gasteiger partial charge in [0.1, 0.15) is 5.60 Å². The van der Waals surface area contributed by atoms with Crippen LogP contribution in [-0.2, 0) is 4.74 Å². The van der Waals surface area contributed by atoms with Crippen molar-refractivity contribution in [2.45, 2.75) is 26.4 Å². The number of ether oxygens (including phenoxy) is 1. The first-order chi connectivity index (χ1) is 4.42. The molecule has 3 nitrogen and oxygen atoms in total. The molecule has 0 spiro atoms. The van der Waals surface area contributed by atoms with Gasteiger partial charge in [-0.3, -0.25) is 0 Å². The number of hydrogen-bond donors (Lipinski definition) is 1. The van der Waals surface area contributed by atoms with Crippen LogP contribution in [0.25, 0.3) is 0 Å². The van der Waals surface area contributed by atoms with Gasteiger partial charge in [0.15, 0.2) is 0 Å². The highest BCUT2D eigenvalue weighted by molar-refractivity contribution is 7.77. The molecule has 0 unspecified atom stereocenters. The molecule has 0 rings (SSSR count). The monoisotopic (exact) mass is 163 g/mol. The highest BCUT2D eigenvalue weighted by Gasteiger charge is 2.12. The maximum absolute atomic E-state index is 10.0. The molecular formula is C6H13NO2S. The molecule has 0 atom stereocenters. The lowest BCUT2D eigenvalue weighted by Crippen LogP contribution is -2.27. The summed E-state index contributed by atoms with van der Waals surface area (Å²) in [5.74, 6) is 2.83. The fraction of sp³-hybridized carbons (Fsp3) is 0.667. The zero-order valence-electron chi connectivity index (χ0n) is 6.51. The SMILES string of the molecule is C=S.CC(C)(C)OC(N)=O. The molecule has 2 N–H and O–H groups in total. The number of carbonyl (C=O) groups is 1. The molecule has 0 aliphatic heterocycles. The van der Waals surface area contributed by atoms with E-state index in [1.165, 1.54) is 0 Å². The van der Waals surface area contributed by atoms with Gasteiger partial charge in [-0.15, -0.1) is 0 Å². The lowest BCUT2D eigenvalue weighted by Gasteiger charge is -2.16. The van der Waals surface area contributed by atoms with Crippen molar-refractivity contribution in [1.82, 2.24) is 0 Å². The van der Waals surface area contributed by atoms with Gasteiger partial charge < -0.3 is 10.5 Å². The van der Waals surface area contributed by atoms with Crippen molar-refractivity contribution >= 4 is 24.2 Å². The molecule has 60 valence electrons. The Balaban J connectivity index is 0. The van der Waals surface area contributed by atoms with Gasteiger partial charge in [0.25, 0.3) is 0 Å². The van der Waals surface area contributed by atoms with Crippen molar-refractivity contribution in [3.8, 4) is 0 Å². The predicted octanol–water partition coefficient (Wildman–Crippen LogP) is 1.50. The second-order valence-electron chi connectivity index (χ2n) is 2.53. The van der Waals surface area contributed by atoms with Crippen LogP contribution in [0.15, 0.2) is 0 Å². The average molecular weight is 163 g/mol. The Hall–Kier alpha value is -0.640. The van der Waals surface area contributed by atoms with Crippen LogP contribution in [0, 0.1) is 0 Å². The lowest BCUT2D eigenvalue weighted by atomic mass is 10.2. The van der Waals surface area contributed by atoms with Crippen LogP contribution in [0.4, 0.5) is 4.79 Å². The van der Waals surface area contributed by atoms with Crippen molar-refractivity contribution in [2.75, 3.05) is 0 Å². The van der Waals surface area contributed by atoms with Gasteiger partial charge in [-0.05, 0) is 26.6 Å². The lowest BCUT2D eigenvalue weighted by molar-refractivity contribution is 0.0600. The Labute approximate surface area is 66.5 Å². The normalized spacial score (nSPS) is 9.10. The van der Waals surface area contributed by atoms with E-state index >= 15 is 0 Å². The number of rotatable bonds is 0. The van der Waals surface area contributed by atoms with E-state index in [9.17, 15) is 4.79 Å². The number of primary amides is 1. The van der Waals surface area contributed by atoms with E-state index in [4.69, 9.17) is 5.73 Å². The van der Waals surface area contributed by atoms with Crippen LogP contribution < -0.4 is 5.73 Å². The molecule has 10 heavy (non-hydrogen) atoms. The van der Waals surface area contributed by atoms with Gasteiger partial charge in [-0.1, -0.05) is 12.2 Å². The van der Waals surface area contributed by atoms with Crippen molar-refractivity contribution in [3.63, 3.8) is 0 Å². The Kier molecular flexibility index (Phi) is 6.24. The quantitative estimate of drug-likeness (QED) is 0.550. The summed E-state index contributed by atoms with van der Waals surface area (Å²) in [6, 6.07) is 0. The zero-order chi connectivity index (χ0) is 8.78. The third kappa shape index (κ3) is 15.7. The molecule has 0 saturated heterocycles. The van der Waals surface area contributed by atoms with Crippen LogP contribution in [0.5, 0.6) is 0 Å². The number of hydrogen-bond acceptors (Lipinski definition) is 3. The van der Waals surface area contributed by atoms with Crippen LogP contribution in [-0.4, -0.2) is 17.6 Å². The minimum Gasteiger partial charge on any atom is -0.444 e. The largest absolute Gasteiger partial charge is 0.444 e. The van der Waals surface area contributed by atoms with Crippen LogP contribution in [0.3, 0.4) is 0 Å². The Morgan fingerprint density at radius 3 is 1.80 bits per heavy atom. The molecular weight excluding hydrogens is 150 g/mol. The van der Waals surface area contributed by atoms with E-state index in [2.05, 4.69) is 22.8 Å². The van der Waals surface area contributed by atoms with E-state index in [-0.39, 0.29) is 0 Å². The van der Waals surface area contributed by atoms with Crippen molar-refractivity contribution in [2.24, 2.45) is 5.73 Å². The zero-order valence-corrected chi connectivity index (χ0v) is 7.33. The van der Waals surface area contributed by atoms with Crippen LogP contribution in [0.2, 0.25) is 0 Å². The van der Waals surface area contributed by atoms with Gasteiger partial charge in [-0.25, -0.2) is 4.79 Å². The topological polar surface area (TPSA) is 52.3 Å². The molecule has 0 bridgehead atoms.